The smallest absolute Gasteiger partial charge is 0.437 e. The van der Waals surface area contributed by atoms with E-state index in [-0.39, 0.29) is 22.5 Å². The number of guanidine groups is 1. The topological polar surface area (TPSA) is 153 Å². The molecule has 43 heavy (non-hydrogen) atoms. The average Bonchev–Trinajstić information content (AvgIpc) is 3.57. The predicted octanol–water partition coefficient (Wildman–Crippen LogP) is 5.66. The Labute approximate surface area is 251 Å². The van der Waals surface area contributed by atoms with Crippen LogP contribution in [0.25, 0.3) is 11.4 Å². The lowest BCUT2D eigenvalue weighted by Gasteiger charge is -2.27. The maximum absolute atomic E-state index is 12.7. The van der Waals surface area contributed by atoms with Gasteiger partial charge in [0.15, 0.2) is 9.84 Å². The molecule has 1 aliphatic heterocycles. The van der Waals surface area contributed by atoms with Crippen LogP contribution in [0.5, 0.6) is 0 Å². The molecule has 1 aromatic heterocycles. The van der Waals surface area contributed by atoms with Crippen LogP contribution in [-0.4, -0.2) is 59.4 Å². The molecule has 2 amide bonds. The van der Waals surface area contributed by atoms with Crippen LogP contribution in [0.1, 0.15) is 71.9 Å². The van der Waals surface area contributed by atoms with Crippen LogP contribution >= 0.6 is 0 Å². The van der Waals surface area contributed by atoms with Gasteiger partial charge in [-0.2, -0.15) is 4.98 Å². The first-order valence-electron chi connectivity index (χ1n) is 13.9. The molecule has 13 heteroatoms. The second-order valence-electron chi connectivity index (χ2n) is 12.1. The fraction of sp³-hybridized carbons (Fsp3) is 0.433. The first-order chi connectivity index (χ1) is 20.1. The van der Waals surface area contributed by atoms with Crippen molar-refractivity contribution in [2.75, 3.05) is 6.54 Å². The fourth-order valence-electron chi connectivity index (χ4n) is 4.38. The van der Waals surface area contributed by atoms with Gasteiger partial charge in [-0.1, -0.05) is 47.6 Å². The molecule has 1 saturated heterocycles. The number of nitrogens with zero attached hydrogens (tertiary/aromatic N) is 4. The summed E-state index contributed by atoms with van der Waals surface area (Å²) in [4.78, 5) is 35.8. The second kappa shape index (κ2) is 12.5. The van der Waals surface area contributed by atoms with E-state index in [1.54, 1.807) is 101 Å². The molecule has 230 valence electrons. The summed E-state index contributed by atoms with van der Waals surface area (Å²) >= 11 is 0. The van der Waals surface area contributed by atoms with Crippen LogP contribution in [0.15, 0.2) is 69.0 Å². The van der Waals surface area contributed by atoms with Gasteiger partial charge >= 0.3 is 12.2 Å². The van der Waals surface area contributed by atoms with Gasteiger partial charge in [0.2, 0.25) is 17.7 Å². The van der Waals surface area contributed by atoms with E-state index in [2.05, 4.69) is 20.4 Å². The average molecular weight is 612 g/mol. The van der Waals surface area contributed by atoms with Crippen LogP contribution < -0.4 is 5.32 Å². The highest BCUT2D eigenvalue weighted by Crippen LogP contribution is 2.32. The number of carbonyl (C=O) groups excluding carboxylic acids is 2. The number of amides is 2. The number of alkyl carbamates (subject to hydrolysis) is 1. The number of ether oxygens (including phenoxy) is 2. The summed E-state index contributed by atoms with van der Waals surface area (Å²) < 4.78 is 41.8. The normalized spacial score (nSPS) is 16.2. The highest BCUT2D eigenvalue weighted by molar-refractivity contribution is 7.90. The zero-order valence-corrected chi connectivity index (χ0v) is 26.0. The molecule has 1 fully saturated rings. The molecular weight excluding hydrogens is 574 g/mol. The zero-order valence-electron chi connectivity index (χ0n) is 25.2. The number of benzene rings is 2. The van der Waals surface area contributed by atoms with E-state index in [1.807, 2.05) is 0 Å². The lowest BCUT2D eigenvalue weighted by atomic mass is 10.1. The summed E-state index contributed by atoms with van der Waals surface area (Å²) in [7, 11) is -3.49. The van der Waals surface area contributed by atoms with Crippen molar-refractivity contribution >= 4 is 28.0 Å². The van der Waals surface area contributed by atoms with Crippen LogP contribution in [0.3, 0.4) is 0 Å². The molecule has 1 atom stereocenters. The van der Waals surface area contributed by atoms with Crippen molar-refractivity contribution in [3.8, 4) is 11.4 Å². The third kappa shape index (κ3) is 8.87. The molecule has 0 unspecified atom stereocenters. The highest BCUT2D eigenvalue weighted by Gasteiger charge is 2.35. The number of nitrogens with one attached hydrogen (secondary N) is 1. The number of aromatic nitrogens is 2. The fourth-order valence-corrected chi connectivity index (χ4v) is 5.75. The minimum Gasteiger partial charge on any atom is -0.444 e. The SMILES string of the molecule is CC(C)(C)OC(=O)/N=C(/NC(=O)OC(C)(C)C)N1CCC[C@H]1c1nc(-c2ccc(CS(=O)(=O)c3ccccc3)cc2)no1. The molecule has 0 saturated carbocycles. The van der Waals surface area contributed by atoms with Gasteiger partial charge in [0.25, 0.3) is 0 Å². The Hall–Kier alpha value is -4.26. The van der Waals surface area contributed by atoms with E-state index in [0.29, 0.717) is 36.3 Å². The number of carbonyl (C=O) groups is 2. The van der Waals surface area contributed by atoms with Crippen LogP contribution in [-0.2, 0) is 25.1 Å². The Balaban J connectivity index is 1.53. The van der Waals surface area contributed by atoms with E-state index >= 15 is 0 Å². The molecular formula is C30H37N5O7S. The van der Waals surface area contributed by atoms with E-state index in [1.165, 1.54) is 0 Å². The molecule has 1 aliphatic rings. The first kappa shape index (κ1) is 31.7. The lowest BCUT2D eigenvalue weighted by molar-refractivity contribution is 0.0552. The van der Waals surface area contributed by atoms with Crippen molar-refractivity contribution in [3.63, 3.8) is 0 Å². The van der Waals surface area contributed by atoms with Crippen molar-refractivity contribution in [2.24, 2.45) is 4.99 Å². The standard InChI is InChI=1S/C30H37N5O7S/c1-29(2,3)40-27(36)32-26(33-28(37)41-30(4,5)6)35-18-10-13-23(35)25-31-24(34-42-25)21-16-14-20(15-17-21)19-43(38,39)22-11-8-7-9-12-22/h7-9,11-12,14-17,23H,10,13,18-19H2,1-6H3,(H,32,33,36,37)/t23-/m0/s1. The number of hydrogen-bond donors (Lipinski definition) is 1. The largest absolute Gasteiger partial charge is 0.444 e. The van der Waals surface area contributed by atoms with E-state index in [0.717, 1.165) is 0 Å². The molecule has 0 radical (unpaired) electrons. The lowest BCUT2D eigenvalue weighted by Crippen LogP contribution is -2.46. The monoisotopic (exact) mass is 611 g/mol. The quantitative estimate of drug-likeness (QED) is 0.282. The number of sulfone groups is 1. The summed E-state index contributed by atoms with van der Waals surface area (Å²) in [5.41, 5.74) is -0.303. The Morgan fingerprint density at radius 1 is 1.00 bits per heavy atom. The predicted molar refractivity (Wildman–Crippen MR) is 159 cm³/mol. The van der Waals surface area contributed by atoms with Crippen molar-refractivity contribution < 1.29 is 32.0 Å². The molecule has 3 aromatic rings. The van der Waals surface area contributed by atoms with Gasteiger partial charge in [0, 0.05) is 12.1 Å². The summed E-state index contributed by atoms with van der Waals surface area (Å²) in [6, 6.07) is 14.7. The summed E-state index contributed by atoms with van der Waals surface area (Å²) in [6.07, 6.45) is -0.344. The number of rotatable bonds is 5. The van der Waals surface area contributed by atoms with Gasteiger partial charge in [0.05, 0.1) is 10.6 Å². The number of likely N-dealkylation sites (tertiary alicyclic amines) is 1. The molecule has 4 rings (SSSR count). The molecule has 2 heterocycles. The van der Waals surface area contributed by atoms with Gasteiger partial charge < -0.3 is 18.9 Å². The minimum absolute atomic E-state index is 0.0465. The molecule has 0 bridgehead atoms. The third-order valence-corrected chi connectivity index (χ3v) is 7.83. The van der Waals surface area contributed by atoms with E-state index in [9.17, 15) is 18.0 Å². The van der Waals surface area contributed by atoms with Crippen LogP contribution in [0.2, 0.25) is 0 Å². The van der Waals surface area contributed by atoms with Gasteiger partial charge in [0.1, 0.15) is 17.2 Å². The summed E-state index contributed by atoms with van der Waals surface area (Å²) in [5, 5.41) is 6.70. The molecule has 2 aromatic carbocycles. The Bertz CT molecular complexity index is 1570. The van der Waals surface area contributed by atoms with Gasteiger partial charge in [-0.3, -0.25) is 5.32 Å². The molecule has 0 spiro atoms. The first-order valence-corrected chi connectivity index (χ1v) is 15.5. The van der Waals surface area contributed by atoms with Crippen molar-refractivity contribution in [1.29, 1.82) is 0 Å². The van der Waals surface area contributed by atoms with Crippen molar-refractivity contribution in [2.45, 2.75) is 82.3 Å². The van der Waals surface area contributed by atoms with Gasteiger partial charge in [-0.25, -0.2) is 18.0 Å². The second-order valence-corrected chi connectivity index (χ2v) is 14.1. The summed E-state index contributed by atoms with van der Waals surface area (Å²) in [6.45, 7) is 10.8. The third-order valence-electron chi connectivity index (χ3n) is 6.13. The van der Waals surface area contributed by atoms with Crippen LogP contribution in [0.4, 0.5) is 9.59 Å². The maximum Gasteiger partial charge on any atom is 0.437 e. The van der Waals surface area contributed by atoms with E-state index in [4.69, 9.17) is 14.0 Å². The van der Waals surface area contributed by atoms with Crippen LogP contribution in [0, 0.1) is 0 Å². The summed E-state index contributed by atoms with van der Waals surface area (Å²) in [5.74, 6) is 0.391. The van der Waals surface area contributed by atoms with Gasteiger partial charge in [-0.15, -0.1) is 4.99 Å². The van der Waals surface area contributed by atoms with Gasteiger partial charge in [-0.05, 0) is 72.1 Å². The number of hydrogen-bond acceptors (Lipinski definition) is 9. The Morgan fingerprint density at radius 2 is 1.65 bits per heavy atom. The molecule has 12 nitrogen and oxygen atoms in total. The zero-order chi connectivity index (χ0) is 31.4. The highest BCUT2D eigenvalue weighted by atomic mass is 32.2. The van der Waals surface area contributed by atoms with Crippen molar-refractivity contribution in [1.82, 2.24) is 20.4 Å². The molecule has 0 aliphatic carbocycles. The van der Waals surface area contributed by atoms with E-state index < -0.39 is 39.3 Å². The number of aliphatic imine (C=N–C) groups is 1. The maximum atomic E-state index is 12.7. The van der Waals surface area contributed by atoms with Crippen molar-refractivity contribution in [3.05, 3.63) is 66.1 Å². The Kier molecular flexibility index (Phi) is 9.24. The minimum atomic E-state index is -3.49. The Morgan fingerprint density at radius 3 is 2.28 bits per heavy atom. The molecule has 1 N–H and O–H groups in total.